The Labute approximate surface area is 83.3 Å². The molecule has 1 aliphatic rings. The first-order valence-electron chi connectivity index (χ1n) is 4.69. The molecule has 14 heavy (non-hydrogen) atoms. The molecule has 0 spiro atoms. The zero-order valence-corrected chi connectivity index (χ0v) is 7.86. The van der Waals surface area contributed by atoms with Crippen LogP contribution in [0.2, 0.25) is 0 Å². The van der Waals surface area contributed by atoms with E-state index in [1.54, 1.807) is 0 Å². The van der Waals surface area contributed by atoms with Crippen LogP contribution in [0.5, 0.6) is 0 Å². The van der Waals surface area contributed by atoms with Crippen LogP contribution in [-0.4, -0.2) is 19.7 Å². The quantitative estimate of drug-likeness (QED) is 0.715. The van der Waals surface area contributed by atoms with Gasteiger partial charge in [0.1, 0.15) is 6.07 Å². The minimum Gasteiger partial charge on any atom is -0.353 e. The number of ether oxygens (including phenoxy) is 1. The van der Waals surface area contributed by atoms with E-state index >= 15 is 0 Å². The molecule has 1 aliphatic heterocycles. The van der Waals surface area contributed by atoms with Gasteiger partial charge in [-0.05, 0) is 5.56 Å². The zero-order valence-electron chi connectivity index (χ0n) is 7.86. The van der Waals surface area contributed by atoms with Crippen molar-refractivity contribution >= 4 is 0 Å². The standard InChI is InChI=1S/C11H12N2O/c12-8-11(9-13-6-7-14-11)10-4-2-1-3-5-10/h1-5,13H,6-7,9H2. The molecule has 1 unspecified atom stereocenters. The summed E-state index contributed by atoms with van der Waals surface area (Å²) in [6, 6.07) is 11.9. The largest absolute Gasteiger partial charge is 0.353 e. The van der Waals surface area contributed by atoms with Crippen molar-refractivity contribution in [3.63, 3.8) is 0 Å². The van der Waals surface area contributed by atoms with Crippen molar-refractivity contribution in [1.29, 1.82) is 5.26 Å². The van der Waals surface area contributed by atoms with Crippen LogP contribution in [0, 0.1) is 11.3 Å². The van der Waals surface area contributed by atoms with Crippen LogP contribution < -0.4 is 5.32 Å². The van der Waals surface area contributed by atoms with Gasteiger partial charge in [-0.3, -0.25) is 0 Å². The van der Waals surface area contributed by atoms with E-state index in [9.17, 15) is 5.26 Å². The summed E-state index contributed by atoms with van der Waals surface area (Å²) >= 11 is 0. The Morgan fingerprint density at radius 3 is 2.71 bits per heavy atom. The van der Waals surface area contributed by atoms with Crippen molar-refractivity contribution < 1.29 is 4.74 Å². The van der Waals surface area contributed by atoms with Gasteiger partial charge in [0.25, 0.3) is 0 Å². The maximum Gasteiger partial charge on any atom is 0.191 e. The summed E-state index contributed by atoms with van der Waals surface area (Å²) in [7, 11) is 0. The van der Waals surface area contributed by atoms with Crippen LogP contribution in [0.4, 0.5) is 0 Å². The van der Waals surface area contributed by atoms with E-state index < -0.39 is 5.60 Å². The van der Waals surface area contributed by atoms with Gasteiger partial charge in [0.15, 0.2) is 5.60 Å². The molecule has 0 radical (unpaired) electrons. The lowest BCUT2D eigenvalue weighted by atomic mass is 9.94. The van der Waals surface area contributed by atoms with Crippen LogP contribution in [0.1, 0.15) is 5.56 Å². The van der Waals surface area contributed by atoms with E-state index in [4.69, 9.17) is 4.74 Å². The Morgan fingerprint density at radius 2 is 2.14 bits per heavy atom. The fourth-order valence-corrected chi connectivity index (χ4v) is 1.64. The first-order valence-corrected chi connectivity index (χ1v) is 4.69. The van der Waals surface area contributed by atoms with Gasteiger partial charge in [-0.2, -0.15) is 5.26 Å². The van der Waals surface area contributed by atoms with Crippen LogP contribution in [-0.2, 0) is 10.3 Å². The lowest BCUT2D eigenvalue weighted by molar-refractivity contribution is -0.0286. The van der Waals surface area contributed by atoms with Crippen LogP contribution >= 0.6 is 0 Å². The minimum absolute atomic E-state index is 0.563. The number of benzene rings is 1. The Morgan fingerprint density at radius 1 is 1.36 bits per heavy atom. The van der Waals surface area contributed by atoms with E-state index in [1.165, 1.54) is 0 Å². The number of morpholine rings is 1. The molecule has 0 aromatic heterocycles. The molecule has 3 heteroatoms. The average Bonchev–Trinajstić information content (AvgIpc) is 2.31. The zero-order chi connectivity index (χ0) is 9.86. The van der Waals surface area contributed by atoms with E-state index in [0.717, 1.165) is 12.1 Å². The summed E-state index contributed by atoms with van der Waals surface area (Å²) in [5.41, 5.74) is 0.133. The Balaban J connectivity index is 2.33. The third kappa shape index (κ3) is 1.50. The predicted molar refractivity (Wildman–Crippen MR) is 52.6 cm³/mol. The smallest absolute Gasteiger partial charge is 0.191 e. The van der Waals surface area contributed by atoms with E-state index in [0.29, 0.717) is 13.2 Å². The van der Waals surface area contributed by atoms with Crippen molar-refractivity contribution in [3.05, 3.63) is 35.9 Å². The van der Waals surface area contributed by atoms with Crippen molar-refractivity contribution in [1.82, 2.24) is 5.32 Å². The van der Waals surface area contributed by atoms with Gasteiger partial charge in [-0.25, -0.2) is 0 Å². The highest BCUT2D eigenvalue weighted by molar-refractivity contribution is 5.30. The topological polar surface area (TPSA) is 45.0 Å². The Hall–Kier alpha value is -1.37. The third-order valence-electron chi connectivity index (χ3n) is 2.42. The molecule has 1 N–H and O–H groups in total. The van der Waals surface area contributed by atoms with Gasteiger partial charge in [0.05, 0.1) is 6.61 Å². The molecule has 1 aromatic carbocycles. The maximum absolute atomic E-state index is 9.18. The summed E-state index contributed by atoms with van der Waals surface area (Å²) < 4.78 is 5.58. The van der Waals surface area contributed by atoms with Crippen molar-refractivity contribution in [2.24, 2.45) is 0 Å². The Kier molecular flexibility index (Phi) is 2.49. The normalized spacial score (nSPS) is 26.8. The number of rotatable bonds is 1. The molecule has 72 valence electrons. The van der Waals surface area contributed by atoms with Crippen LogP contribution in [0.15, 0.2) is 30.3 Å². The molecule has 1 fully saturated rings. The highest BCUT2D eigenvalue weighted by Crippen LogP contribution is 2.25. The van der Waals surface area contributed by atoms with E-state index in [-0.39, 0.29) is 0 Å². The SMILES string of the molecule is N#CC1(c2ccccc2)CNCCO1. The van der Waals surface area contributed by atoms with Crippen molar-refractivity contribution in [2.45, 2.75) is 5.60 Å². The lowest BCUT2D eigenvalue weighted by Gasteiger charge is -2.31. The van der Waals surface area contributed by atoms with E-state index in [1.807, 2.05) is 30.3 Å². The summed E-state index contributed by atoms with van der Waals surface area (Å²) in [6.07, 6.45) is 0. The lowest BCUT2D eigenvalue weighted by Crippen LogP contribution is -2.46. The van der Waals surface area contributed by atoms with Gasteiger partial charge in [-0.15, -0.1) is 0 Å². The molecule has 1 saturated heterocycles. The van der Waals surface area contributed by atoms with Gasteiger partial charge in [-0.1, -0.05) is 30.3 Å². The molecule has 1 heterocycles. The van der Waals surface area contributed by atoms with Gasteiger partial charge in [0, 0.05) is 13.1 Å². The van der Waals surface area contributed by atoms with Crippen LogP contribution in [0.3, 0.4) is 0 Å². The second-order valence-corrected chi connectivity index (χ2v) is 3.33. The van der Waals surface area contributed by atoms with Gasteiger partial charge >= 0.3 is 0 Å². The predicted octanol–water partition coefficient (Wildman–Crippen LogP) is 1.03. The monoisotopic (exact) mass is 188 g/mol. The number of nitrogens with one attached hydrogen (secondary N) is 1. The first-order chi connectivity index (χ1) is 6.87. The second-order valence-electron chi connectivity index (χ2n) is 3.33. The Bertz CT molecular complexity index is 336. The fraction of sp³-hybridized carbons (Fsp3) is 0.364. The summed E-state index contributed by atoms with van der Waals surface area (Å²) in [4.78, 5) is 0. The van der Waals surface area contributed by atoms with Crippen molar-refractivity contribution in [2.75, 3.05) is 19.7 Å². The fourth-order valence-electron chi connectivity index (χ4n) is 1.64. The average molecular weight is 188 g/mol. The third-order valence-corrected chi connectivity index (χ3v) is 2.42. The van der Waals surface area contributed by atoms with Crippen LogP contribution in [0.25, 0.3) is 0 Å². The molecule has 1 atom stereocenters. The number of hydrogen-bond acceptors (Lipinski definition) is 3. The highest BCUT2D eigenvalue weighted by Gasteiger charge is 2.35. The summed E-state index contributed by atoms with van der Waals surface area (Å²) in [6.45, 7) is 1.96. The van der Waals surface area contributed by atoms with Crippen molar-refractivity contribution in [3.8, 4) is 6.07 Å². The molecular weight excluding hydrogens is 176 g/mol. The molecule has 1 aromatic rings. The highest BCUT2D eigenvalue weighted by atomic mass is 16.5. The number of nitriles is 1. The molecule has 0 saturated carbocycles. The molecule has 0 bridgehead atoms. The number of hydrogen-bond donors (Lipinski definition) is 1. The summed E-state index contributed by atoms with van der Waals surface area (Å²) in [5.74, 6) is 0. The molecule has 0 aliphatic carbocycles. The minimum atomic E-state index is -0.792. The second kappa shape index (κ2) is 3.79. The molecule has 0 amide bonds. The number of nitrogens with zero attached hydrogens (tertiary/aromatic N) is 1. The van der Waals surface area contributed by atoms with Gasteiger partial charge in [0.2, 0.25) is 0 Å². The molecule has 3 nitrogen and oxygen atoms in total. The maximum atomic E-state index is 9.18. The van der Waals surface area contributed by atoms with Gasteiger partial charge < -0.3 is 10.1 Å². The molecule has 2 rings (SSSR count). The summed E-state index contributed by atoms with van der Waals surface area (Å²) in [5, 5.41) is 12.4. The molecular formula is C11H12N2O. The first kappa shape index (κ1) is 9.20. The van der Waals surface area contributed by atoms with E-state index in [2.05, 4.69) is 11.4 Å².